The summed E-state index contributed by atoms with van der Waals surface area (Å²) in [5.41, 5.74) is 0. The molecule has 1 fully saturated rings. The molecule has 0 nitrogen and oxygen atoms in total. The smallest absolute Gasteiger partial charge is 0.0158 e. The van der Waals surface area contributed by atoms with Crippen LogP contribution in [0.15, 0.2) is 12.2 Å². The Hall–Kier alpha value is 0.0900. The summed E-state index contributed by atoms with van der Waals surface area (Å²) < 4.78 is 0.355. The van der Waals surface area contributed by atoms with Gasteiger partial charge in [0.15, 0.2) is 0 Å². The van der Waals surface area contributed by atoms with E-state index < -0.39 is 0 Å². The van der Waals surface area contributed by atoms with E-state index in [2.05, 4.69) is 19.1 Å². The first kappa shape index (κ1) is 26.3. The predicted octanol–water partition coefficient (Wildman–Crippen LogP) is 10.5. The van der Waals surface area contributed by atoms with Gasteiger partial charge in [0.2, 0.25) is 0 Å². The van der Waals surface area contributed by atoms with Crippen LogP contribution >= 0.6 is 12.6 Å². The van der Waals surface area contributed by atoms with Crippen molar-refractivity contribution in [3.63, 3.8) is 0 Å². The fourth-order valence-electron chi connectivity index (χ4n) is 6.01. The Morgan fingerprint density at radius 2 is 0.967 bits per heavy atom. The van der Waals surface area contributed by atoms with Crippen LogP contribution in [0.5, 0.6) is 0 Å². The van der Waals surface area contributed by atoms with Crippen LogP contribution in [0, 0.1) is 11.8 Å². The van der Waals surface area contributed by atoms with Gasteiger partial charge in [0.05, 0.1) is 0 Å². The molecule has 0 aromatic heterocycles. The molecule has 0 aliphatic heterocycles. The molecule has 2 rings (SSSR count). The third kappa shape index (κ3) is 11.6. The van der Waals surface area contributed by atoms with Gasteiger partial charge in [-0.25, -0.2) is 0 Å². The molecule has 3 unspecified atom stereocenters. The molecule has 30 heavy (non-hydrogen) atoms. The molecule has 0 amide bonds. The van der Waals surface area contributed by atoms with Gasteiger partial charge < -0.3 is 0 Å². The zero-order chi connectivity index (χ0) is 21.3. The Labute approximate surface area is 195 Å². The van der Waals surface area contributed by atoms with Crippen molar-refractivity contribution in [2.75, 3.05) is 0 Å². The van der Waals surface area contributed by atoms with E-state index in [1.165, 1.54) is 148 Å². The summed E-state index contributed by atoms with van der Waals surface area (Å²) in [5.74, 6) is 1.83. The largest absolute Gasteiger partial charge is 0.172 e. The fraction of sp³-hybridized carbons (Fsp3) is 0.931. The number of hydrogen-bond acceptors (Lipinski definition) is 1. The number of thiol groups is 1. The van der Waals surface area contributed by atoms with Gasteiger partial charge in [-0.1, -0.05) is 115 Å². The minimum Gasteiger partial charge on any atom is -0.172 e. The van der Waals surface area contributed by atoms with Crippen LogP contribution < -0.4 is 0 Å². The lowest BCUT2D eigenvalue weighted by atomic mass is 9.85. The van der Waals surface area contributed by atoms with Crippen LogP contribution in [0.1, 0.15) is 155 Å². The number of allylic oxidation sites excluding steroid dienone is 2. The zero-order valence-electron chi connectivity index (χ0n) is 20.5. The highest BCUT2D eigenvalue weighted by molar-refractivity contribution is 7.81. The van der Waals surface area contributed by atoms with Crippen LogP contribution in [-0.4, -0.2) is 4.75 Å². The Bertz CT molecular complexity index is 428. The van der Waals surface area contributed by atoms with Crippen molar-refractivity contribution in [3.05, 3.63) is 12.2 Å². The van der Waals surface area contributed by atoms with Crippen molar-refractivity contribution < 1.29 is 0 Å². The van der Waals surface area contributed by atoms with E-state index in [-0.39, 0.29) is 0 Å². The zero-order valence-corrected chi connectivity index (χ0v) is 21.4. The van der Waals surface area contributed by atoms with Crippen molar-refractivity contribution in [3.8, 4) is 0 Å². The van der Waals surface area contributed by atoms with Gasteiger partial charge in [0.25, 0.3) is 0 Å². The second-order valence-corrected chi connectivity index (χ2v) is 11.8. The molecule has 0 aromatic carbocycles. The molecule has 2 aliphatic carbocycles. The van der Waals surface area contributed by atoms with E-state index in [1.54, 1.807) is 0 Å². The molecule has 0 spiro atoms. The maximum atomic E-state index is 5.25. The second kappa shape index (κ2) is 16.7. The van der Waals surface area contributed by atoms with Crippen LogP contribution in [0.4, 0.5) is 0 Å². The molecule has 1 heteroatoms. The third-order valence-corrected chi connectivity index (χ3v) is 8.95. The van der Waals surface area contributed by atoms with E-state index >= 15 is 0 Å². The maximum Gasteiger partial charge on any atom is 0.0158 e. The molecule has 2 aliphatic rings. The van der Waals surface area contributed by atoms with Crippen molar-refractivity contribution in [2.45, 2.75) is 159 Å². The van der Waals surface area contributed by atoms with Crippen molar-refractivity contribution in [2.24, 2.45) is 11.8 Å². The molecule has 1 saturated carbocycles. The average molecular weight is 435 g/mol. The van der Waals surface area contributed by atoms with E-state index in [1.807, 2.05) is 0 Å². The van der Waals surface area contributed by atoms with Crippen LogP contribution in [0.2, 0.25) is 0 Å². The standard InChI is InChI=1S/C29H54S/c1-27-21-16-13-11-9-7-5-3-2-4-6-8-10-12-14-19-25-29(30)26-20-24-28(29)23-18-15-17-22-27/h10,12,27-28,30H,2-9,11,13-26H2,1H3/b12-10-. The molecule has 176 valence electrons. The number of fused-ring (bicyclic) bond motifs is 1. The number of hydrogen-bond donors (Lipinski definition) is 1. The summed E-state index contributed by atoms with van der Waals surface area (Å²) in [6.07, 6.45) is 37.7. The summed E-state index contributed by atoms with van der Waals surface area (Å²) in [6.45, 7) is 2.50. The van der Waals surface area contributed by atoms with Gasteiger partial charge >= 0.3 is 0 Å². The Kier molecular flexibility index (Phi) is 14.7. The lowest BCUT2D eigenvalue weighted by Crippen LogP contribution is -2.26. The molecule has 0 N–H and O–H groups in total. The maximum absolute atomic E-state index is 5.25. The average Bonchev–Trinajstić information content (AvgIpc) is 3.10. The van der Waals surface area contributed by atoms with Crippen LogP contribution in [-0.2, 0) is 0 Å². The van der Waals surface area contributed by atoms with E-state index in [9.17, 15) is 0 Å². The monoisotopic (exact) mass is 434 g/mol. The first-order valence-corrected chi connectivity index (χ1v) is 14.5. The van der Waals surface area contributed by atoms with Crippen molar-refractivity contribution in [1.82, 2.24) is 0 Å². The van der Waals surface area contributed by atoms with Gasteiger partial charge in [-0.05, 0) is 63.2 Å². The molecule has 0 saturated heterocycles. The molecule has 0 aromatic rings. The third-order valence-electron chi connectivity index (χ3n) is 8.14. The first-order valence-electron chi connectivity index (χ1n) is 14.1. The van der Waals surface area contributed by atoms with Gasteiger partial charge in [0, 0.05) is 4.75 Å². The Balaban J connectivity index is 1.70. The van der Waals surface area contributed by atoms with Crippen LogP contribution in [0.25, 0.3) is 0 Å². The molecule has 0 radical (unpaired) electrons. The summed E-state index contributed by atoms with van der Waals surface area (Å²) in [6, 6.07) is 0. The Morgan fingerprint density at radius 1 is 0.533 bits per heavy atom. The van der Waals surface area contributed by atoms with Gasteiger partial charge in [-0.15, -0.1) is 0 Å². The molecule has 0 heterocycles. The van der Waals surface area contributed by atoms with Gasteiger partial charge in [-0.3, -0.25) is 0 Å². The van der Waals surface area contributed by atoms with E-state index in [4.69, 9.17) is 12.6 Å². The quantitative estimate of drug-likeness (QED) is 0.284. The number of rotatable bonds is 0. The van der Waals surface area contributed by atoms with E-state index in [0.29, 0.717) is 4.75 Å². The highest BCUT2D eigenvalue weighted by Crippen LogP contribution is 2.46. The molecule has 0 bridgehead atoms. The SMILES string of the molecule is CC1CCCCCCCCCCCC/C=C\CCCC2(S)CCCC2CCCCC1. The topological polar surface area (TPSA) is 0 Å². The van der Waals surface area contributed by atoms with Crippen molar-refractivity contribution >= 4 is 12.6 Å². The van der Waals surface area contributed by atoms with Gasteiger partial charge in [-0.2, -0.15) is 12.6 Å². The highest BCUT2D eigenvalue weighted by Gasteiger charge is 2.38. The summed E-state index contributed by atoms with van der Waals surface area (Å²) in [4.78, 5) is 0. The van der Waals surface area contributed by atoms with E-state index in [0.717, 1.165) is 11.8 Å². The molecular weight excluding hydrogens is 380 g/mol. The highest BCUT2D eigenvalue weighted by atomic mass is 32.1. The normalized spacial score (nSPS) is 34.3. The lowest BCUT2D eigenvalue weighted by Gasteiger charge is -2.31. The summed E-state index contributed by atoms with van der Waals surface area (Å²) in [7, 11) is 0. The summed E-state index contributed by atoms with van der Waals surface area (Å²) >= 11 is 5.25. The fourth-order valence-corrected chi connectivity index (χ4v) is 6.58. The van der Waals surface area contributed by atoms with Gasteiger partial charge in [0.1, 0.15) is 0 Å². The minimum absolute atomic E-state index is 0.355. The van der Waals surface area contributed by atoms with Crippen molar-refractivity contribution in [1.29, 1.82) is 0 Å². The molecule has 3 atom stereocenters. The van der Waals surface area contributed by atoms with Crippen LogP contribution in [0.3, 0.4) is 0 Å². The minimum atomic E-state index is 0.355. The lowest BCUT2D eigenvalue weighted by molar-refractivity contribution is 0.360. The second-order valence-electron chi connectivity index (χ2n) is 10.9. The Morgan fingerprint density at radius 3 is 1.63 bits per heavy atom. The predicted molar refractivity (Wildman–Crippen MR) is 140 cm³/mol. The molecular formula is C29H54S. The first-order chi connectivity index (χ1) is 14.7. The summed E-state index contributed by atoms with van der Waals surface area (Å²) in [5, 5.41) is 0.